The Morgan fingerprint density at radius 3 is 2.64 bits per heavy atom. The van der Waals surface area contributed by atoms with Gasteiger partial charge in [0.1, 0.15) is 11.2 Å². The van der Waals surface area contributed by atoms with Crippen LogP contribution >= 0.6 is 11.3 Å². The van der Waals surface area contributed by atoms with Crippen LogP contribution in [0.3, 0.4) is 0 Å². The van der Waals surface area contributed by atoms with Crippen molar-refractivity contribution in [1.82, 2.24) is 29.7 Å². The first-order valence-electron chi connectivity index (χ1n) is 9.36. The molecule has 0 saturated heterocycles. The lowest BCUT2D eigenvalue weighted by Gasteiger charge is -2.34. The molecule has 0 radical (unpaired) electrons. The number of hydrogen-bond acceptors (Lipinski definition) is 6. The normalized spacial score (nSPS) is 19.1. The largest absolute Gasteiger partial charge is 0.310 e. The predicted molar refractivity (Wildman–Crippen MR) is 108 cm³/mol. The standard InChI is InChI=1S/C20H20N6OS/c1-10-6-7-21-9-16(10)26-18-15(8-22-26)19(27)25-17(24-18)13-4-5-14(13)20-23-11(2)12(3)28-20/h6-9,13-14H,4-5H2,1-3H3,(H,24,25,27)/t13-,14+/m0/s1. The Bertz CT molecular complexity index is 1230. The summed E-state index contributed by atoms with van der Waals surface area (Å²) in [6.07, 6.45) is 7.13. The fourth-order valence-corrected chi connectivity index (χ4v) is 4.87. The minimum atomic E-state index is -0.148. The van der Waals surface area contributed by atoms with E-state index >= 15 is 0 Å². The summed E-state index contributed by atoms with van der Waals surface area (Å²) in [5.41, 5.74) is 3.38. The van der Waals surface area contributed by atoms with E-state index in [1.54, 1.807) is 34.6 Å². The van der Waals surface area contributed by atoms with Gasteiger partial charge in [0.25, 0.3) is 5.56 Å². The lowest BCUT2D eigenvalue weighted by molar-refractivity contribution is 0.331. The molecule has 142 valence electrons. The minimum absolute atomic E-state index is 0.148. The van der Waals surface area contributed by atoms with Crippen LogP contribution in [0.4, 0.5) is 0 Å². The second kappa shape index (κ2) is 6.34. The zero-order chi connectivity index (χ0) is 19.4. The molecule has 28 heavy (non-hydrogen) atoms. The lowest BCUT2D eigenvalue weighted by atomic mass is 9.73. The van der Waals surface area contributed by atoms with E-state index < -0.39 is 0 Å². The highest BCUT2D eigenvalue weighted by atomic mass is 32.1. The van der Waals surface area contributed by atoms with Crippen molar-refractivity contribution in [2.75, 3.05) is 0 Å². The molecule has 1 aliphatic rings. The maximum absolute atomic E-state index is 12.7. The number of rotatable bonds is 3. The number of aromatic amines is 1. The average molecular weight is 392 g/mol. The monoisotopic (exact) mass is 392 g/mol. The van der Waals surface area contributed by atoms with E-state index in [0.717, 1.165) is 40.6 Å². The SMILES string of the molecule is Cc1ccncc1-n1ncc2c(=O)[nH]c([C@H]3CC[C@H]3c3nc(C)c(C)s3)nc21. The molecule has 8 heteroatoms. The molecule has 4 aromatic rings. The Labute approximate surface area is 165 Å². The summed E-state index contributed by atoms with van der Waals surface area (Å²) >= 11 is 1.75. The van der Waals surface area contributed by atoms with Gasteiger partial charge in [-0.2, -0.15) is 5.10 Å². The van der Waals surface area contributed by atoms with E-state index in [-0.39, 0.29) is 11.5 Å². The first-order chi connectivity index (χ1) is 13.5. The van der Waals surface area contributed by atoms with Crippen LogP contribution in [0.15, 0.2) is 29.5 Å². The molecule has 1 fully saturated rings. The van der Waals surface area contributed by atoms with Gasteiger partial charge in [-0.1, -0.05) is 0 Å². The van der Waals surface area contributed by atoms with E-state index in [9.17, 15) is 4.79 Å². The van der Waals surface area contributed by atoms with Crippen LogP contribution in [0.2, 0.25) is 0 Å². The molecule has 1 aliphatic carbocycles. The maximum atomic E-state index is 12.7. The van der Waals surface area contributed by atoms with Gasteiger partial charge in [-0.15, -0.1) is 11.3 Å². The summed E-state index contributed by atoms with van der Waals surface area (Å²) in [4.78, 5) is 30.7. The number of aryl methyl sites for hydroxylation is 3. The lowest BCUT2D eigenvalue weighted by Crippen LogP contribution is -2.26. The second-order valence-corrected chi connectivity index (χ2v) is 8.63. The Kier molecular flexibility index (Phi) is 3.90. The summed E-state index contributed by atoms with van der Waals surface area (Å²) in [6, 6.07) is 1.92. The molecule has 5 rings (SSSR count). The van der Waals surface area contributed by atoms with E-state index in [2.05, 4.69) is 22.0 Å². The smallest absolute Gasteiger partial charge is 0.262 e. The molecule has 0 aromatic carbocycles. The quantitative estimate of drug-likeness (QED) is 0.576. The molecule has 0 amide bonds. The highest BCUT2D eigenvalue weighted by Gasteiger charge is 2.37. The van der Waals surface area contributed by atoms with Gasteiger partial charge in [0.15, 0.2) is 5.65 Å². The summed E-state index contributed by atoms with van der Waals surface area (Å²) in [7, 11) is 0. The summed E-state index contributed by atoms with van der Waals surface area (Å²) < 4.78 is 1.71. The molecular formula is C20H20N6OS. The van der Waals surface area contributed by atoms with Crippen LogP contribution in [0.5, 0.6) is 0 Å². The summed E-state index contributed by atoms with van der Waals surface area (Å²) in [5.74, 6) is 1.22. The fraction of sp³-hybridized carbons (Fsp3) is 0.350. The second-order valence-electron chi connectivity index (χ2n) is 7.39. The van der Waals surface area contributed by atoms with Crippen LogP contribution in [0.1, 0.15) is 51.6 Å². The van der Waals surface area contributed by atoms with E-state index in [4.69, 9.17) is 9.97 Å². The Morgan fingerprint density at radius 2 is 1.96 bits per heavy atom. The average Bonchev–Trinajstić information content (AvgIpc) is 3.18. The van der Waals surface area contributed by atoms with Crippen LogP contribution in [0, 0.1) is 20.8 Å². The van der Waals surface area contributed by atoms with Crippen molar-refractivity contribution in [3.05, 3.63) is 62.0 Å². The third kappa shape index (κ3) is 2.59. The number of thiazole rings is 1. The van der Waals surface area contributed by atoms with Gasteiger partial charge >= 0.3 is 0 Å². The molecule has 0 bridgehead atoms. The number of nitrogens with one attached hydrogen (secondary N) is 1. The van der Waals surface area contributed by atoms with Gasteiger partial charge in [-0.25, -0.2) is 14.6 Å². The van der Waals surface area contributed by atoms with Gasteiger partial charge in [0.05, 0.1) is 28.8 Å². The molecule has 2 atom stereocenters. The van der Waals surface area contributed by atoms with Gasteiger partial charge in [0.2, 0.25) is 0 Å². The van der Waals surface area contributed by atoms with Crippen LogP contribution in [-0.4, -0.2) is 29.7 Å². The Balaban J connectivity index is 1.60. The van der Waals surface area contributed by atoms with Gasteiger partial charge in [0, 0.05) is 22.9 Å². The topological polar surface area (TPSA) is 89.4 Å². The molecule has 0 spiro atoms. The predicted octanol–water partition coefficient (Wildman–Crippen LogP) is 3.55. The number of nitrogens with zero attached hydrogens (tertiary/aromatic N) is 5. The first-order valence-corrected chi connectivity index (χ1v) is 10.2. The molecular weight excluding hydrogens is 372 g/mol. The zero-order valence-electron chi connectivity index (χ0n) is 15.9. The first kappa shape index (κ1) is 17.2. The maximum Gasteiger partial charge on any atom is 0.262 e. The number of pyridine rings is 1. The number of aromatic nitrogens is 6. The van der Waals surface area contributed by atoms with E-state index in [0.29, 0.717) is 17.0 Å². The highest BCUT2D eigenvalue weighted by molar-refractivity contribution is 7.11. The zero-order valence-corrected chi connectivity index (χ0v) is 16.7. The molecule has 0 unspecified atom stereocenters. The molecule has 1 N–H and O–H groups in total. The van der Waals surface area contributed by atoms with Crippen LogP contribution in [-0.2, 0) is 0 Å². The van der Waals surface area contributed by atoms with Crippen molar-refractivity contribution < 1.29 is 0 Å². The Morgan fingerprint density at radius 1 is 1.14 bits per heavy atom. The number of H-pyrrole nitrogens is 1. The van der Waals surface area contributed by atoms with Crippen molar-refractivity contribution >= 4 is 22.4 Å². The number of fused-ring (bicyclic) bond motifs is 1. The minimum Gasteiger partial charge on any atom is -0.310 e. The molecule has 4 aromatic heterocycles. The Hall–Kier alpha value is -2.87. The third-order valence-electron chi connectivity index (χ3n) is 5.68. The van der Waals surface area contributed by atoms with Gasteiger partial charge in [-0.05, 0) is 45.2 Å². The van der Waals surface area contributed by atoms with Crippen LogP contribution < -0.4 is 5.56 Å². The van der Waals surface area contributed by atoms with Crippen LogP contribution in [0.25, 0.3) is 16.7 Å². The van der Waals surface area contributed by atoms with Crippen molar-refractivity contribution in [2.24, 2.45) is 0 Å². The third-order valence-corrected chi connectivity index (χ3v) is 6.89. The fourth-order valence-electron chi connectivity index (χ4n) is 3.74. The van der Waals surface area contributed by atoms with Crippen molar-refractivity contribution in [1.29, 1.82) is 0 Å². The van der Waals surface area contributed by atoms with Gasteiger partial charge < -0.3 is 4.98 Å². The molecule has 1 saturated carbocycles. The highest BCUT2D eigenvalue weighted by Crippen LogP contribution is 2.49. The molecule has 0 aliphatic heterocycles. The molecule has 4 heterocycles. The van der Waals surface area contributed by atoms with Crippen molar-refractivity contribution in [3.63, 3.8) is 0 Å². The van der Waals surface area contributed by atoms with Crippen molar-refractivity contribution in [3.8, 4) is 5.69 Å². The number of hydrogen-bond donors (Lipinski definition) is 1. The van der Waals surface area contributed by atoms with Gasteiger partial charge in [-0.3, -0.25) is 9.78 Å². The summed E-state index contributed by atoms with van der Waals surface area (Å²) in [6.45, 7) is 6.14. The van der Waals surface area contributed by atoms with E-state index in [1.165, 1.54) is 4.88 Å². The molecule has 7 nitrogen and oxygen atoms in total. The van der Waals surface area contributed by atoms with Crippen molar-refractivity contribution in [2.45, 2.75) is 45.4 Å². The summed E-state index contributed by atoms with van der Waals surface area (Å²) in [5, 5.41) is 6.04. The van der Waals surface area contributed by atoms with E-state index in [1.807, 2.05) is 19.9 Å².